The van der Waals surface area contributed by atoms with Crippen LogP contribution in [0, 0.1) is 0 Å². The van der Waals surface area contributed by atoms with E-state index >= 15 is 0 Å². The number of hydrogen-bond acceptors (Lipinski definition) is 1. The van der Waals surface area contributed by atoms with Crippen LogP contribution in [0.3, 0.4) is 0 Å². The van der Waals surface area contributed by atoms with Gasteiger partial charge < -0.3 is 9.36 Å². The summed E-state index contributed by atoms with van der Waals surface area (Å²) >= 11 is 3.21. The van der Waals surface area contributed by atoms with Gasteiger partial charge in [0.25, 0.3) is 0 Å². The molecule has 0 aliphatic rings. The molecule has 0 aliphatic carbocycles. The maximum Gasteiger partial charge on any atom is 0.135 e. The zero-order valence-corrected chi connectivity index (χ0v) is 6.99. The van der Waals surface area contributed by atoms with Crippen LogP contribution in [-0.2, 0) is 11.3 Å². The second-order valence-corrected chi connectivity index (χ2v) is 3.21. The molecule has 0 bridgehead atoms. The Balaban J connectivity index is 2.47. The van der Waals surface area contributed by atoms with E-state index in [0.717, 1.165) is 6.29 Å². The Morgan fingerprint density at radius 3 is 2.60 bits per heavy atom. The Labute approximate surface area is 68.0 Å². The molecule has 3 heteroatoms. The number of nitrogens with zero attached hydrogens (tertiary/aromatic N) is 1. The maximum absolute atomic E-state index is 10.2. The maximum atomic E-state index is 10.2. The van der Waals surface area contributed by atoms with Crippen molar-refractivity contribution in [3.05, 3.63) is 24.5 Å². The first-order valence-corrected chi connectivity index (χ1v) is 3.94. The summed E-state index contributed by atoms with van der Waals surface area (Å²) in [6, 6.07) is 3.87. The number of aldehydes is 1. The van der Waals surface area contributed by atoms with Crippen molar-refractivity contribution in [3.63, 3.8) is 0 Å². The van der Waals surface area contributed by atoms with Gasteiger partial charge in [0.2, 0.25) is 0 Å². The molecule has 1 aromatic rings. The highest BCUT2D eigenvalue weighted by atomic mass is 79.9. The molecule has 0 spiro atoms. The van der Waals surface area contributed by atoms with Gasteiger partial charge in [-0.3, -0.25) is 0 Å². The summed E-state index contributed by atoms with van der Waals surface area (Å²) in [4.78, 5) is 10.1. The van der Waals surface area contributed by atoms with Crippen LogP contribution in [0.5, 0.6) is 0 Å². The van der Waals surface area contributed by atoms with Gasteiger partial charge in [0.15, 0.2) is 0 Å². The summed E-state index contributed by atoms with van der Waals surface area (Å²) in [6.07, 6.45) is 4.75. The minimum Gasteiger partial charge on any atom is -0.353 e. The molecular formula is C7H8BrNO. The molecule has 0 aliphatic heterocycles. The number of hydrogen-bond donors (Lipinski definition) is 0. The number of carbonyl (C=O) groups excluding carboxylic acids is 1. The second kappa shape index (κ2) is 3.56. The van der Waals surface area contributed by atoms with Crippen LogP contribution < -0.4 is 0 Å². The summed E-state index contributed by atoms with van der Waals surface area (Å²) in [5.74, 6) is 0. The lowest BCUT2D eigenvalue weighted by Gasteiger charge is -2.01. The molecule has 2 nitrogen and oxygen atoms in total. The molecule has 0 aromatic carbocycles. The van der Waals surface area contributed by atoms with E-state index in [-0.39, 0.29) is 4.83 Å². The third-order valence-corrected chi connectivity index (χ3v) is 1.70. The van der Waals surface area contributed by atoms with Gasteiger partial charge in [0.1, 0.15) is 6.29 Å². The van der Waals surface area contributed by atoms with Crippen molar-refractivity contribution >= 4 is 22.2 Å². The molecule has 0 saturated carbocycles. The first-order valence-electron chi connectivity index (χ1n) is 3.03. The standard InChI is InChI=1S/C7H8BrNO/c8-7(6-10)5-9-3-1-2-4-9/h1-4,6-7H,5H2. The third-order valence-electron chi connectivity index (χ3n) is 1.20. The smallest absolute Gasteiger partial charge is 0.135 e. The minimum atomic E-state index is -0.0695. The molecule has 0 N–H and O–H groups in total. The largest absolute Gasteiger partial charge is 0.353 e. The molecule has 10 heavy (non-hydrogen) atoms. The predicted molar refractivity (Wildman–Crippen MR) is 43.2 cm³/mol. The average molecular weight is 202 g/mol. The van der Waals surface area contributed by atoms with Crippen molar-refractivity contribution in [1.82, 2.24) is 4.57 Å². The Hall–Kier alpha value is -0.570. The lowest BCUT2D eigenvalue weighted by atomic mass is 10.5. The number of halogens is 1. The van der Waals surface area contributed by atoms with Crippen molar-refractivity contribution < 1.29 is 4.79 Å². The number of carbonyl (C=O) groups is 1. The van der Waals surface area contributed by atoms with Gasteiger partial charge in [-0.25, -0.2) is 0 Å². The lowest BCUT2D eigenvalue weighted by Crippen LogP contribution is -2.08. The lowest BCUT2D eigenvalue weighted by molar-refractivity contribution is -0.107. The van der Waals surface area contributed by atoms with Gasteiger partial charge in [-0.1, -0.05) is 15.9 Å². The van der Waals surface area contributed by atoms with Crippen molar-refractivity contribution in [2.75, 3.05) is 0 Å². The van der Waals surface area contributed by atoms with E-state index in [1.165, 1.54) is 0 Å². The normalized spacial score (nSPS) is 12.9. The SMILES string of the molecule is O=CC(Br)Cn1cccc1. The minimum absolute atomic E-state index is 0.0695. The highest BCUT2D eigenvalue weighted by molar-refractivity contribution is 9.09. The number of alkyl halides is 1. The Bertz CT molecular complexity index is 195. The van der Waals surface area contributed by atoms with Gasteiger partial charge in [-0.05, 0) is 12.1 Å². The Morgan fingerprint density at radius 1 is 1.50 bits per heavy atom. The molecule has 0 radical (unpaired) electrons. The fourth-order valence-corrected chi connectivity index (χ4v) is 1.07. The molecule has 1 heterocycles. The van der Waals surface area contributed by atoms with Crippen LogP contribution in [0.15, 0.2) is 24.5 Å². The van der Waals surface area contributed by atoms with E-state index in [2.05, 4.69) is 15.9 Å². The molecule has 1 unspecified atom stereocenters. The molecule has 0 saturated heterocycles. The molecular weight excluding hydrogens is 194 g/mol. The highest BCUT2D eigenvalue weighted by Crippen LogP contribution is 2.00. The summed E-state index contributed by atoms with van der Waals surface area (Å²) in [7, 11) is 0. The van der Waals surface area contributed by atoms with Gasteiger partial charge in [0.05, 0.1) is 4.83 Å². The van der Waals surface area contributed by atoms with E-state index in [9.17, 15) is 4.79 Å². The van der Waals surface area contributed by atoms with E-state index in [0.29, 0.717) is 6.54 Å². The van der Waals surface area contributed by atoms with Crippen LogP contribution in [0.25, 0.3) is 0 Å². The summed E-state index contributed by atoms with van der Waals surface area (Å²) in [5.41, 5.74) is 0. The first kappa shape index (κ1) is 7.54. The van der Waals surface area contributed by atoms with Crippen molar-refractivity contribution in [3.8, 4) is 0 Å². The van der Waals surface area contributed by atoms with Crippen molar-refractivity contribution in [2.24, 2.45) is 0 Å². The van der Waals surface area contributed by atoms with Crippen molar-refractivity contribution in [1.29, 1.82) is 0 Å². The average Bonchev–Trinajstić information content (AvgIpc) is 2.40. The van der Waals surface area contributed by atoms with Crippen LogP contribution in [0.1, 0.15) is 0 Å². The molecule has 1 aromatic heterocycles. The van der Waals surface area contributed by atoms with Crippen LogP contribution in [-0.4, -0.2) is 15.7 Å². The number of aromatic nitrogens is 1. The van der Waals surface area contributed by atoms with Gasteiger partial charge >= 0.3 is 0 Å². The highest BCUT2D eigenvalue weighted by Gasteiger charge is 1.99. The monoisotopic (exact) mass is 201 g/mol. The zero-order valence-electron chi connectivity index (χ0n) is 5.40. The molecule has 0 amide bonds. The van der Waals surface area contributed by atoms with E-state index in [1.807, 2.05) is 29.1 Å². The zero-order chi connectivity index (χ0) is 7.40. The Kier molecular flexibility index (Phi) is 2.68. The molecule has 1 rings (SSSR count). The van der Waals surface area contributed by atoms with Crippen LogP contribution >= 0.6 is 15.9 Å². The van der Waals surface area contributed by atoms with Crippen LogP contribution in [0.4, 0.5) is 0 Å². The van der Waals surface area contributed by atoms with Crippen molar-refractivity contribution in [2.45, 2.75) is 11.4 Å². The van der Waals surface area contributed by atoms with Gasteiger partial charge in [-0.2, -0.15) is 0 Å². The first-order chi connectivity index (χ1) is 4.83. The molecule has 0 fully saturated rings. The van der Waals surface area contributed by atoms with E-state index in [1.54, 1.807) is 0 Å². The predicted octanol–water partition coefficient (Wildman–Crippen LogP) is 1.45. The molecule has 54 valence electrons. The van der Waals surface area contributed by atoms with Gasteiger partial charge in [0, 0.05) is 18.9 Å². The number of rotatable bonds is 3. The fourth-order valence-electron chi connectivity index (χ4n) is 0.736. The third kappa shape index (κ3) is 1.99. The second-order valence-electron chi connectivity index (χ2n) is 2.03. The fraction of sp³-hybridized carbons (Fsp3) is 0.286. The summed E-state index contributed by atoms with van der Waals surface area (Å²) in [5, 5.41) is 0. The van der Waals surface area contributed by atoms with E-state index in [4.69, 9.17) is 0 Å². The quantitative estimate of drug-likeness (QED) is 0.537. The Morgan fingerprint density at radius 2 is 2.10 bits per heavy atom. The molecule has 1 atom stereocenters. The van der Waals surface area contributed by atoms with E-state index < -0.39 is 0 Å². The summed E-state index contributed by atoms with van der Waals surface area (Å²) < 4.78 is 1.95. The topological polar surface area (TPSA) is 22.0 Å². The van der Waals surface area contributed by atoms with Crippen LogP contribution in [0.2, 0.25) is 0 Å². The summed E-state index contributed by atoms with van der Waals surface area (Å²) in [6.45, 7) is 0.705. The van der Waals surface area contributed by atoms with Gasteiger partial charge in [-0.15, -0.1) is 0 Å².